The molecule has 0 N–H and O–H groups in total. The fourth-order valence-corrected chi connectivity index (χ4v) is 6.52. The zero-order valence-corrected chi connectivity index (χ0v) is 20.6. The largest absolute Gasteiger partial charge is 0.419 e. The first-order valence-corrected chi connectivity index (χ1v) is 13.4. The van der Waals surface area contributed by atoms with Crippen LogP contribution in [-0.2, 0) is 6.18 Å². The smallest absolute Gasteiger partial charge is 0.206 e. The summed E-state index contributed by atoms with van der Waals surface area (Å²) in [5.41, 5.74) is -0.123. The van der Waals surface area contributed by atoms with Gasteiger partial charge in [-0.2, -0.15) is 13.2 Å². The van der Waals surface area contributed by atoms with Gasteiger partial charge in [-0.05, 0) is 85.1 Å². The average molecular weight is 493 g/mol. The van der Waals surface area contributed by atoms with Crippen molar-refractivity contribution in [3.63, 3.8) is 0 Å². The topological polar surface area (TPSA) is 0 Å². The molecule has 0 amide bonds. The summed E-state index contributed by atoms with van der Waals surface area (Å²) in [6.45, 7) is 2.25. The number of benzene rings is 2. The average Bonchev–Trinajstić information content (AvgIpc) is 2.82. The van der Waals surface area contributed by atoms with Crippen LogP contribution in [-0.4, -0.2) is 0 Å². The normalized spacial score (nSPS) is 24.9. The molecule has 5 heteroatoms. The van der Waals surface area contributed by atoms with Crippen LogP contribution in [0.4, 0.5) is 22.0 Å². The van der Waals surface area contributed by atoms with Gasteiger partial charge in [-0.3, -0.25) is 0 Å². The van der Waals surface area contributed by atoms with E-state index in [2.05, 4.69) is 6.92 Å². The Bertz CT molecular complexity index is 979. The number of hydrogen-bond acceptors (Lipinski definition) is 0. The van der Waals surface area contributed by atoms with E-state index < -0.39 is 23.4 Å². The number of hydrogen-bond donors (Lipinski definition) is 0. The van der Waals surface area contributed by atoms with Crippen LogP contribution >= 0.6 is 0 Å². The van der Waals surface area contributed by atoms with Gasteiger partial charge in [0.05, 0.1) is 5.56 Å². The number of rotatable bonds is 8. The van der Waals surface area contributed by atoms with Crippen molar-refractivity contribution < 1.29 is 22.0 Å². The maximum absolute atomic E-state index is 15.0. The molecule has 0 heterocycles. The quantitative estimate of drug-likeness (QED) is 0.254. The molecule has 192 valence electrons. The van der Waals surface area contributed by atoms with E-state index in [4.69, 9.17) is 0 Å². The van der Waals surface area contributed by atoms with Crippen molar-refractivity contribution in [1.29, 1.82) is 0 Å². The molecule has 0 saturated heterocycles. The molecule has 4 rings (SSSR count). The second-order valence-corrected chi connectivity index (χ2v) is 10.8. The lowest BCUT2D eigenvalue weighted by atomic mass is 9.63. The van der Waals surface area contributed by atoms with Crippen LogP contribution in [0.2, 0.25) is 0 Å². The Labute approximate surface area is 206 Å². The first-order chi connectivity index (χ1) is 16.8. The monoisotopic (exact) mass is 492 g/mol. The predicted octanol–water partition coefficient (Wildman–Crippen LogP) is 10.3. The third-order valence-electron chi connectivity index (χ3n) is 8.49. The Kier molecular flexibility index (Phi) is 8.54. The standard InChI is InChI=1S/C30H37F5/c1-2-3-4-5-6-7-20-8-9-22-17-23(11-10-21(22)16-20)24-12-14-26(28(31)18-24)25-13-15-27(29(32)19-25)30(33,34)35/h12-15,18-23H,2-11,16-17H2,1H3/t20?,21-,22-,23-/m1/s1. The molecule has 1 unspecified atom stereocenters. The van der Waals surface area contributed by atoms with Gasteiger partial charge in [0.2, 0.25) is 0 Å². The van der Waals surface area contributed by atoms with Crippen LogP contribution in [0.1, 0.15) is 101 Å². The van der Waals surface area contributed by atoms with Crippen molar-refractivity contribution in [2.45, 2.75) is 96.1 Å². The number of unbranched alkanes of at least 4 members (excludes halogenated alkanes) is 4. The minimum Gasteiger partial charge on any atom is -0.206 e. The first kappa shape index (κ1) is 26.2. The summed E-state index contributed by atoms with van der Waals surface area (Å²) in [4.78, 5) is 0. The third kappa shape index (κ3) is 6.46. The van der Waals surface area contributed by atoms with Gasteiger partial charge in [-0.25, -0.2) is 8.78 Å². The molecule has 2 aliphatic carbocycles. The van der Waals surface area contributed by atoms with Crippen LogP contribution in [0.15, 0.2) is 36.4 Å². The molecule has 0 aromatic heterocycles. The van der Waals surface area contributed by atoms with E-state index in [1.165, 1.54) is 70.3 Å². The fraction of sp³-hybridized carbons (Fsp3) is 0.600. The molecular formula is C30H37F5. The number of fused-ring (bicyclic) bond motifs is 1. The van der Waals surface area contributed by atoms with Crippen LogP contribution in [0.5, 0.6) is 0 Å². The second kappa shape index (κ2) is 11.4. The maximum Gasteiger partial charge on any atom is 0.419 e. The van der Waals surface area contributed by atoms with Gasteiger partial charge in [0.25, 0.3) is 0 Å². The van der Waals surface area contributed by atoms with E-state index in [9.17, 15) is 22.0 Å². The molecule has 4 atom stereocenters. The zero-order valence-electron chi connectivity index (χ0n) is 20.6. The Morgan fingerprint density at radius 2 is 1.51 bits per heavy atom. The summed E-state index contributed by atoms with van der Waals surface area (Å²) in [6.07, 6.45) is 10.6. The highest BCUT2D eigenvalue weighted by Gasteiger charge is 2.36. The summed E-state index contributed by atoms with van der Waals surface area (Å²) in [5.74, 6) is 0.797. The Morgan fingerprint density at radius 3 is 2.23 bits per heavy atom. The minimum atomic E-state index is -4.77. The third-order valence-corrected chi connectivity index (χ3v) is 8.49. The van der Waals surface area contributed by atoms with E-state index >= 15 is 0 Å². The summed E-state index contributed by atoms with van der Waals surface area (Å²) in [5, 5.41) is 0. The SMILES string of the molecule is CCCCCCCC1CC[C@@H]2C[C@H](c3ccc(-c4ccc(C(F)(F)F)c(F)c4)c(F)c3)CC[C@@H]2C1. The molecule has 2 aromatic rings. The summed E-state index contributed by atoms with van der Waals surface area (Å²) in [6, 6.07) is 7.57. The van der Waals surface area contributed by atoms with Gasteiger partial charge in [0.15, 0.2) is 0 Å². The predicted molar refractivity (Wildman–Crippen MR) is 131 cm³/mol. The van der Waals surface area contributed by atoms with Crippen LogP contribution in [0, 0.1) is 29.4 Å². The van der Waals surface area contributed by atoms with Gasteiger partial charge in [0.1, 0.15) is 11.6 Å². The molecule has 35 heavy (non-hydrogen) atoms. The van der Waals surface area contributed by atoms with Gasteiger partial charge in [0, 0.05) is 5.56 Å². The highest BCUT2D eigenvalue weighted by atomic mass is 19.4. The fourth-order valence-electron chi connectivity index (χ4n) is 6.52. The van der Waals surface area contributed by atoms with Crippen molar-refractivity contribution in [2.24, 2.45) is 17.8 Å². The van der Waals surface area contributed by atoms with Crippen molar-refractivity contribution in [3.05, 3.63) is 59.2 Å². The van der Waals surface area contributed by atoms with Gasteiger partial charge >= 0.3 is 6.18 Å². The van der Waals surface area contributed by atoms with Crippen LogP contribution in [0.25, 0.3) is 11.1 Å². The molecular weight excluding hydrogens is 455 g/mol. The highest BCUT2D eigenvalue weighted by molar-refractivity contribution is 5.65. The van der Waals surface area contributed by atoms with E-state index in [-0.39, 0.29) is 11.1 Å². The van der Waals surface area contributed by atoms with Gasteiger partial charge in [-0.1, -0.05) is 70.1 Å². The zero-order chi connectivity index (χ0) is 25.0. The summed E-state index contributed by atoms with van der Waals surface area (Å²) in [7, 11) is 0. The van der Waals surface area contributed by atoms with Crippen molar-refractivity contribution in [3.8, 4) is 11.1 Å². The highest BCUT2D eigenvalue weighted by Crippen LogP contribution is 2.48. The Hall–Kier alpha value is -1.91. The van der Waals surface area contributed by atoms with Gasteiger partial charge in [-0.15, -0.1) is 0 Å². The van der Waals surface area contributed by atoms with Gasteiger partial charge < -0.3 is 0 Å². The first-order valence-electron chi connectivity index (χ1n) is 13.4. The molecule has 0 nitrogen and oxygen atoms in total. The molecule has 0 radical (unpaired) electrons. The van der Waals surface area contributed by atoms with E-state index in [1.807, 2.05) is 6.07 Å². The summed E-state index contributed by atoms with van der Waals surface area (Å²) >= 11 is 0. The van der Waals surface area contributed by atoms with Crippen molar-refractivity contribution >= 4 is 0 Å². The van der Waals surface area contributed by atoms with E-state index in [0.717, 1.165) is 42.4 Å². The number of halogens is 5. The summed E-state index contributed by atoms with van der Waals surface area (Å²) < 4.78 is 67.5. The minimum absolute atomic E-state index is 0.122. The van der Waals surface area contributed by atoms with Crippen LogP contribution < -0.4 is 0 Å². The molecule has 2 aromatic carbocycles. The lowest BCUT2D eigenvalue weighted by Crippen LogP contribution is -2.30. The number of alkyl halides is 3. The van der Waals surface area contributed by atoms with E-state index in [1.54, 1.807) is 6.07 Å². The molecule has 0 aliphatic heterocycles. The van der Waals surface area contributed by atoms with E-state index in [0.29, 0.717) is 17.9 Å². The lowest BCUT2D eigenvalue weighted by Gasteiger charge is -2.42. The van der Waals surface area contributed by atoms with Crippen molar-refractivity contribution in [1.82, 2.24) is 0 Å². The lowest BCUT2D eigenvalue weighted by molar-refractivity contribution is -0.139. The molecule has 2 aliphatic rings. The van der Waals surface area contributed by atoms with Crippen LogP contribution in [0.3, 0.4) is 0 Å². The molecule has 2 fully saturated rings. The molecule has 2 saturated carbocycles. The second-order valence-electron chi connectivity index (χ2n) is 10.8. The maximum atomic E-state index is 15.0. The Balaban J connectivity index is 1.35. The Morgan fingerprint density at radius 1 is 0.771 bits per heavy atom. The van der Waals surface area contributed by atoms with Crippen molar-refractivity contribution in [2.75, 3.05) is 0 Å². The molecule has 0 spiro atoms. The molecule has 0 bridgehead atoms.